The van der Waals surface area contributed by atoms with Crippen LogP contribution in [0, 0.1) is 11.6 Å². The molecule has 8 heteroatoms. The van der Waals surface area contributed by atoms with Crippen LogP contribution in [0.25, 0.3) is 0 Å². The van der Waals surface area contributed by atoms with Crippen LogP contribution in [0.4, 0.5) is 17.6 Å². The van der Waals surface area contributed by atoms with E-state index in [2.05, 4.69) is 4.72 Å². The zero-order valence-corrected chi connectivity index (χ0v) is 12.6. The molecular formula is C12H14ClF4NOS. The molecule has 1 rings (SSSR count). The first kappa shape index (κ1) is 17.4. The van der Waals surface area contributed by atoms with Gasteiger partial charge in [-0.15, -0.1) is 0 Å². The molecule has 0 unspecified atom stereocenters. The summed E-state index contributed by atoms with van der Waals surface area (Å²) in [5.74, 6) is -2.10. The van der Waals surface area contributed by atoms with E-state index in [9.17, 15) is 21.8 Å². The molecule has 1 N–H and O–H groups in total. The van der Waals surface area contributed by atoms with E-state index >= 15 is 0 Å². The Morgan fingerprint density at radius 3 is 2.20 bits per heavy atom. The quantitative estimate of drug-likeness (QED) is 0.656. The Kier molecular flexibility index (Phi) is 5.57. The Labute approximate surface area is 122 Å². The lowest BCUT2D eigenvalue weighted by Gasteiger charge is -2.24. The fourth-order valence-corrected chi connectivity index (χ4v) is 2.28. The average Bonchev–Trinajstić information content (AvgIpc) is 2.29. The third kappa shape index (κ3) is 4.17. The molecule has 0 aliphatic carbocycles. The summed E-state index contributed by atoms with van der Waals surface area (Å²) in [6, 6.07) is -0.688. The lowest BCUT2D eigenvalue weighted by molar-refractivity contribution is 0.107. The number of rotatable bonds is 4. The third-order valence-corrected chi connectivity index (χ3v) is 4.29. The maximum atomic E-state index is 13.7. The van der Waals surface area contributed by atoms with Crippen molar-refractivity contribution in [2.75, 3.05) is 0 Å². The second kappa shape index (κ2) is 6.41. The van der Waals surface area contributed by atoms with Gasteiger partial charge in [0.25, 0.3) is 6.43 Å². The van der Waals surface area contributed by atoms with Crippen molar-refractivity contribution >= 4 is 22.6 Å². The van der Waals surface area contributed by atoms with Crippen molar-refractivity contribution in [3.63, 3.8) is 0 Å². The molecule has 2 atom stereocenters. The third-order valence-electron chi connectivity index (χ3n) is 2.42. The number of hydrogen-bond acceptors (Lipinski definition) is 1. The van der Waals surface area contributed by atoms with Crippen molar-refractivity contribution in [3.05, 3.63) is 34.4 Å². The Hall–Kier alpha value is -0.660. The van der Waals surface area contributed by atoms with E-state index in [0.29, 0.717) is 12.1 Å². The predicted molar refractivity (Wildman–Crippen MR) is 71.1 cm³/mol. The standard InChI is InChI=1S/C12H14ClF4NOS/c1-12(2,3)20(19)18-10(11(16)17)6-4-9(15)7(13)5-8(6)14/h4-5,10-11,18H,1-3H3/t10-,20+/m0/s1. The van der Waals surface area contributed by atoms with Crippen molar-refractivity contribution in [1.82, 2.24) is 4.72 Å². The zero-order chi connectivity index (χ0) is 15.7. The smallest absolute Gasteiger partial charge is 0.242 e. The number of nitrogens with one attached hydrogen (secondary N) is 1. The molecule has 0 aliphatic rings. The number of hydrogen-bond donors (Lipinski definition) is 1. The topological polar surface area (TPSA) is 29.1 Å². The van der Waals surface area contributed by atoms with Crippen LogP contribution in [0.1, 0.15) is 32.4 Å². The van der Waals surface area contributed by atoms with Gasteiger partial charge in [0.15, 0.2) is 0 Å². The van der Waals surface area contributed by atoms with Crippen LogP contribution >= 0.6 is 11.6 Å². The van der Waals surface area contributed by atoms with Gasteiger partial charge in [-0.25, -0.2) is 26.5 Å². The van der Waals surface area contributed by atoms with E-state index in [4.69, 9.17) is 11.6 Å². The summed E-state index contributed by atoms with van der Waals surface area (Å²) in [5.41, 5.74) is -0.612. The fraction of sp³-hybridized carbons (Fsp3) is 0.500. The maximum absolute atomic E-state index is 13.7. The van der Waals surface area contributed by atoms with Crippen LogP contribution < -0.4 is 4.72 Å². The molecule has 0 aromatic heterocycles. The predicted octanol–water partition coefficient (Wildman–Crippen LogP) is 3.98. The van der Waals surface area contributed by atoms with E-state index in [0.717, 1.165) is 0 Å². The molecule has 0 heterocycles. The van der Waals surface area contributed by atoms with Crippen molar-refractivity contribution in [2.24, 2.45) is 0 Å². The lowest BCUT2D eigenvalue weighted by Crippen LogP contribution is -2.38. The molecule has 0 spiro atoms. The van der Waals surface area contributed by atoms with Gasteiger partial charge in [0.05, 0.1) is 20.8 Å². The van der Waals surface area contributed by atoms with Crippen molar-refractivity contribution in [3.8, 4) is 0 Å². The molecule has 0 fully saturated rings. The zero-order valence-electron chi connectivity index (χ0n) is 11.0. The summed E-state index contributed by atoms with van der Waals surface area (Å²) in [7, 11) is -1.86. The number of benzene rings is 1. The van der Waals surface area contributed by atoms with Crippen LogP contribution in [0.15, 0.2) is 12.1 Å². The molecule has 114 valence electrons. The van der Waals surface area contributed by atoms with Gasteiger partial charge in [-0.2, -0.15) is 0 Å². The van der Waals surface area contributed by atoms with E-state index < -0.39 is 50.4 Å². The average molecular weight is 332 g/mol. The maximum Gasteiger partial charge on any atom is 0.258 e. The summed E-state index contributed by atoms with van der Waals surface area (Å²) >= 11 is 5.37. The summed E-state index contributed by atoms with van der Waals surface area (Å²) in [6.07, 6.45) is -3.06. The molecule has 1 aromatic carbocycles. The molecular weight excluding hydrogens is 318 g/mol. The van der Waals surface area contributed by atoms with Gasteiger partial charge in [-0.1, -0.05) is 11.6 Å². The highest BCUT2D eigenvalue weighted by Gasteiger charge is 2.31. The Morgan fingerprint density at radius 1 is 1.20 bits per heavy atom. The van der Waals surface area contributed by atoms with Crippen molar-refractivity contribution < 1.29 is 21.8 Å². The summed E-state index contributed by atoms with van der Waals surface area (Å²) in [5, 5.41) is -0.504. The molecule has 0 saturated heterocycles. The Morgan fingerprint density at radius 2 is 1.75 bits per heavy atom. The van der Waals surface area contributed by atoms with Crippen LogP contribution in [0.2, 0.25) is 5.02 Å². The summed E-state index contributed by atoms with van der Waals surface area (Å²) in [4.78, 5) is 0. The van der Waals surface area contributed by atoms with Gasteiger partial charge in [-0.3, -0.25) is 0 Å². The lowest BCUT2D eigenvalue weighted by atomic mass is 10.1. The minimum absolute atomic E-state index is 0.504. The molecule has 0 saturated carbocycles. The largest absolute Gasteiger partial charge is 0.258 e. The number of alkyl halides is 2. The normalized spacial score (nSPS) is 15.4. The van der Waals surface area contributed by atoms with Crippen LogP contribution in [0.5, 0.6) is 0 Å². The van der Waals surface area contributed by atoms with Gasteiger partial charge >= 0.3 is 0 Å². The Bertz CT molecular complexity index is 519. The first-order valence-corrected chi connectivity index (χ1v) is 7.17. The van der Waals surface area contributed by atoms with E-state index in [-0.39, 0.29) is 0 Å². The van der Waals surface area contributed by atoms with Crippen LogP contribution in [-0.4, -0.2) is 15.4 Å². The van der Waals surface area contributed by atoms with Gasteiger partial charge in [0.1, 0.15) is 17.7 Å². The second-order valence-electron chi connectivity index (χ2n) is 5.10. The minimum atomic E-state index is -3.06. The monoisotopic (exact) mass is 331 g/mol. The van der Waals surface area contributed by atoms with E-state index in [1.807, 2.05) is 0 Å². The first-order valence-electron chi connectivity index (χ1n) is 5.64. The molecule has 0 radical (unpaired) electrons. The Balaban J connectivity index is 3.16. The highest BCUT2D eigenvalue weighted by molar-refractivity contribution is 7.84. The highest BCUT2D eigenvalue weighted by Crippen LogP contribution is 2.29. The van der Waals surface area contributed by atoms with Gasteiger partial charge < -0.3 is 0 Å². The molecule has 2 nitrogen and oxygen atoms in total. The fourth-order valence-electron chi connectivity index (χ4n) is 1.32. The van der Waals surface area contributed by atoms with Crippen molar-refractivity contribution in [1.29, 1.82) is 0 Å². The number of halogens is 5. The van der Waals surface area contributed by atoms with Crippen LogP contribution in [-0.2, 0) is 11.0 Å². The minimum Gasteiger partial charge on any atom is -0.242 e. The van der Waals surface area contributed by atoms with Gasteiger partial charge in [0.2, 0.25) is 0 Å². The summed E-state index contributed by atoms with van der Waals surface area (Å²) in [6.45, 7) is 4.70. The van der Waals surface area contributed by atoms with E-state index in [1.165, 1.54) is 0 Å². The molecule has 1 aromatic rings. The highest BCUT2D eigenvalue weighted by atomic mass is 35.5. The molecule has 0 bridgehead atoms. The van der Waals surface area contributed by atoms with E-state index in [1.54, 1.807) is 20.8 Å². The summed E-state index contributed by atoms with van der Waals surface area (Å²) < 4.78 is 66.2. The van der Waals surface area contributed by atoms with Gasteiger partial charge in [0, 0.05) is 5.56 Å². The van der Waals surface area contributed by atoms with Crippen LogP contribution in [0.3, 0.4) is 0 Å². The molecule has 0 amide bonds. The SMILES string of the molecule is CC(C)(C)[S@@](=O)N[C@@H](c1cc(F)c(Cl)cc1F)C(F)F. The van der Waals surface area contributed by atoms with Gasteiger partial charge in [-0.05, 0) is 32.9 Å². The first-order chi connectivity index (χ1) is 9.04. The molecule has 0 aliphatic heterocycles. The van der Waals surface area contributed by atoms with Crippen molar-refractivity contribution in [2.45, 2.75) is 38.0 Å². The molecule has 20 heavy (non-hydrogen) atoms. The second-order valence-corrected chi connectivity index (χ2v) is 7.50.